The third-order valence-corrected chi connectivity index (χ3v) is 4.40. The highest BCUT2D eigenvalue weighted by atomic mass is 16.5. The van der Waals surface area contributed by atoms with Crippen LogP contribution in [0.2, 0.25) is 0 Å². The van der Waals surface area contributed by atoms with Crippen molar-refractivity contribution in [2.24, 2.45) is 0 Å². The Balaban J connectivity index is 1.42. The number of carbonyl (C=O) groups is 3. The highest BCUT2D eigenvalue weighted by Gasteiger charge is 2.21. The number of amides is 1. The second kappa shape index (κ2) is 10.4. The topological polar surface area (TPSA) is 107 Å². The molecule has 1 heterocycles. The van der Waals surface area contributed by atoms with Gasteiger partial charge in [-0.2, -0.15) is 0 Å². The fourth-order valence-corrected chi connectivity index (χ4v) is 2.53. The molecule has 0 atom stereocenters. The van der Waals surface area contributed by atoms with Crippen LogP contribution >= 0.6 is 0 Å². The maximum Gasteiger partial charge on any atom is 0.340 e. The van der Waals surface area contributed by atoms with Gasteiger partial charge in [-0.05, 0) is 55.7 Å². The van der Waals surface area contributed by atoms with E-state index in [0.717, 1.165) is 25.7 Å². The third-order valence-electron chi connectivity index (χ3n) is 4.40. The average Bonchev–Trinajstić information content (AvgIpc) is 3.57. The molecule has 1 aromatic carbocycles. The van der Waals surface area contributed by atoms with Crippen LogP contribution in [0.15, 0.2) is 42.6 Å². The van der Waals surface area contributed by atoms with Gasteiger partial charge < -0.3 is 20.1 Å². The Morgan fingerprint density at radius 3 is 2.33 bits per heavy atom. The standard InChI is InChI=1S/C22H25N3O5/c1-2-3-12-29-21(27)15-4-7-18(8-5-15)25-20(26)14-30-22(28)16-6-11-19(23-13-16)24-17-9-10-17/h4-8,11,13,17H,2-3,9-10,12,14H2,1H3,(H,23,24)(H,25,26). The molecule has 1 amide bonds. The number of aromatic nitrogens is 1. The number of benzene rings is 1. The summed E-state index contributed by atoms with van der Waals surface area (Å²) in [5.74, 6) is -0.797. The van der Waals surface area contributed by atoms with Gasteiger partial charge in [0.25, 0.3) is 5.91 Å². The van der Waals surface area contributed by atoms with Crippen molar-refractivity contribution in [3.05, 3.63) is 53.7 Å². The highest BCUT2D eigenvalue weighted by molar-refractivity contribution is 5.96. The first-order valence-electron chi connectivity index (χ1n) is 10.0. The highest BCUT2D eigenvalue weighted by Crippen LogP contribution is 2.23. The molecule has 0 unspecified atom stereocenters. The van der Waals surface area contributed by atoms with Crippen molar-refractivity contribution in [1.29, 1.82) is 0 Å². The number of nitrogens with one attached hydrogen (secondary N) is 2. The number of esters is 2. The normalized spacial score (nSPS) is 12.7. The van der Waals surface area contributed by atoms with Crippen LogP contribution in [0.5, 0.6) is 0 Å². The maximum atomic E-state index is 12.1. The minimum Gasteiger partial charge on any atom is -0.462 e. The lowest BCUT2D eigenvalue weighted by molar-refractivity contribution is -0.119. The lowest BCUT2D eigenvalue weighted by Crippen LogP contribution is -2.21. The molecule has 30 heavy (non-hydrogen) atoms. The molecular formula is C22H25N3O5. The van der Waals surface area contributed by atoms with Gasteiger partial charge in [0.05, 0.1) is 17.7 Å². The minimum atomic E-state index is -0.624. The van der Waals surface area contributed by atoms with Gasteiger partial charge in [0, 0.05) is 17.9 Å². The van der Waals surface area contributed by atoms with Crippen molar-refractivity contribution in [2.75, 3.05) is 23.8 Å². The average molecular weight is 411 g/mol. The summed E-state index contributed by atoms with van der Waals surface area (Å²) >= 11 is 0. The molecule has 1 fully saturated rings. The molecular weight excluding hydrogens is 386 g/mol. The van der Waals surface area contributed by atoms with Crippen molar-refractivity contribution in [2.45, 2.75) is 38.6 Å². The van der Waals surface area contributed by atoms with Gasteiger partial charge in [-0.1, -0.05) is 13.3 Å². The van der Waals surface area contributed by atoms with E-state index in [1.165, 1.54) is 6.20 Å². The SMILES string of the molecule is CCCCOC(=O)c1ccc(NC(=O)COC(=O)c2ccc(NC3CC3)nc2)cc1. The number of unbranched alkanes of at least 4 members (excludes halogenated alkanes) is 1. The summed E-state index contributed by atoms with van der Waals surface area (Å²) in [6, 6.07) is 10.1. The Bertz CT molecular complexity index is 877. The number of hydrogen-bond donors (Lipinski definition) is 2. The molecule has 8 nitrogen and oxygen atoms in total. The predicted octanol–water partition coefficient (Wildman–Crippen LogP) is 3.41. The molecule has 0 spiro atoms. The van der Waals surface area contributed by atoms with Gasteiger partial charge in [0.15, 0.2) is 6.61 Å². The minimum absolute atomic E-state index is 0.273. The second-order valence-corrected chi connectivity index (χ2v) is 7.04. The Labute approximate surface area is 175 Å². The van der Waals surface area contributed by atoms with E-state index in [2.05, 4.69) is 15.6 Å². The van der Waals surface area contributed by atoms with Crippen LogP contribution < -0.4 is 10.6 Å². The molecule has 1 saturated carbocycles. The van der Waals surface area contributed by atoms with E-state index < -0.39 is 24.5 Å². The molecule has 0 radical (unpaired) electrons. The van der Waals surface area contributed by atoms with E-state index in [-0.39, 0.29) is 5.56 Å². The molecule has 3 rings (SSSR count). The van der Waals surface area contributed by atoms with Crippen molar-refractivity contribution < 1.29 is 23.9 Å². The molecule has 1 aliphatic carbocycles. The molecule has 158 valence electrons. The summed E-state index contributed by atoms with van der Waals surface area (Å²) in [6.45, 7) is 1.97. The van der Waals surface area contributed by atoms with E-state index in [9.17, 15) is 14.4 Å². The van der Waals surface area contributed by atoms with Crippen LogP contribution in [0, 0.1) is 0 Å². The molecule has 2 aromatic rings. The Morgan fingerprint density at radius 2 is 1.70 bits per heavy atom. The number of pyridine rings is 1. The summed E-state index contributed by atoms with van der Waals surface area (Å²) in [5, 5.41) is 5.84. The van der Waals surface area contributed by atoms with E-state index in [4.69, 9.17) is 9.47 Å². The number of hydrogen-bond acceptors (Lipinski definition) is 7. The quantitative estimate of drug-likeness (QED) is 0.456. The van der Waals surface area contributed by atoms with Gasteiger partial charge in [-0.3, -0.25) is 4.79 Å². The predicted molar refractivity (Wildman–Crippen MR) is 111 cm³/mol. The van der Waals surface area contributed by atoms with Gasteiger partial charge >= 0.3 is 11.9 Å². The molecule has 1 aliphatic rings. The van der Waals surface area contributed by atoms with Crippen LogP contribution in [-0.2, 0) is 14.3 Å². The Hall–Kier alpha value is -3.42. The van der Waals surface area contributed by atoms with Crippen LogP contribution in [0.3, 0.4) is 0 Å². The molecule has 0 bridgehead atoms. The lowest BCUT2D eigenvalue weighted by atomic mass is 10.2. The zero-order valence-corrected chi connectivity index (χ0v) is 16.8. The number of rotatable bonds is 10. The van der Waals surface area contributed by atoms with Crippen LogP contribution in [0.4, 0.5) is 11.5 Å². The molecule has 0 saturated heterocycles. The van der Waals surface area contributed by atoms with Gasteiger partial charge in [0.2, 0.25) is 0 Å². The van der Waals surface area contributed by atoms with Crippen LogP contribution in [0.25, 0.3) is 0 Å². The third kappa shape index (κ3) is 6.58. The Morgan fingerprint density at radius 1 is 1.00 bits per heavy atom. The fourth-order valence-electron chi connectivity index (χ4n) is 2.53. The first-order chi connectivity index (χ1) is 14.5. The first-order valence-corrected chi connectivity index (χ1v) is 10.0. The smallest absolute Gasteiger partial charge is 0.340 e. The van der Waals surface area contributed by atoms with Gasteiger partial charge in [-0.25, -0.2) is 14.6 Å². The lowest BCUT2D eigenvalue weighted by Gasteiger charge is -2.08. The second-order valence-electron chi connectivity index (χ2n) is 7.04. The van der Waals surface area contributed by atoms with E-state index in [1.807, 2.05) is 6.92 Å². The van der Waals surface area contributed by atoms with Crippen LogP contribution in [0.1, 0.15) is 53.3 Å². The Kier molecular flexibility index (Phi) is 7.37. The fraction of sp³-hybridized carbons (Fsp3) is 0.364. The van der Waals surface area contributed by atoms with Gasteiger partial charge in [-0.15, -0.1) is 0 Å². The number of nitrogens with zero attached hydrogens (tertiary/aromatic N) is 1. The zero-order chi connectivity index (χ0) is 21.3. The summed E-state index contributed by atoms with van der Waals surface area (Å²) in [6.07, 6.45) is 5.44. The molecule has 8 heteroatoms. The van der Waals surface area contributed by atoms with Crippen molar-refractivity contribution >= 4 is 29.4 Å². The summed E-state index contributed by atoms with van der Waals surface area (Å²) in [4.78, 5) is 40.1. The zero-order valence-electron chi connectivity index (χ0n) is 16.8. The molecule has 2 N–H and O–H groups in total. The van der Waals surface area contributed by atoms with Gasteiger partial charge in [0.1, 0.15) is 5.82 Å². The maximum absolute atomic E-state index is 12.1. The summed E-state index contributed by atoms with van der Waals surface area (Å²) in [7, 11) is 0. The monoisotopic (exact) mass is 411 g/mol. The number of ether oxygens (including phenoxy) is 2. The van der Waals surface area contributed by atoms with Crippen molar-refractivity contribution in [3.8, 4) is 0 Å². The van der Waals surface area contributed by atoms with Crippen molar-refractivity contribution in [3.63, 3.8) is 0 Å². The van der Waals surface area contributed by atoms with E-state index in [0.29, 0.717) is 29.7 Å². The number of anilines is 2. The summed E-state index contributed by atoms with van der Waals surface area (Å²) < 4.78 is 10.2. The van der Waals surface area contributed by atoms with E-state index >= 15 is 0 Å². The van der Waals surface area contributed by atoms with Crippen molar-refractivity contribution in [1.82, 2.24) is 4.98 Å². The molecule has 1 aromatic heterocycles. The van der Waals surface area contributed by atoms with Crippen LogP contribution in [-0.4, -0.2) is 42.1 Å². The van der Waals surface area contributed by atoms with E-state index in [1.54, 1.807) is 36.4 Å². The summed E-state index contributed by atoms with van der Waals surface area (Å²) in [5.41, 5.74) is 1.16. The largest absolute Gasteiger partial charge is 0.462 e. The first kappa shape index (κ1) is 21.3. The number of carbonyl (C=O) groups excluding carboxylic acids is 3. The molecule has 0 aliphatic heterocycles.